The molecule has 0 bridgehead atoms. The van der Waals surface area contributed by atoms with Gasteiger partial charge < -0.3 is 4.57 Å². The lowest BCUT2D eigenvalue weighted by Gasteiger charge is -2.12. The average Bonchev–Trinajstić information content (AvgIpc) is 3.03. The van der Waals surface area contributed by atoms with Crippen LogP contribution < -0.4 is 5.43 Å². The molecule has 1 heterocycles. The molecule has 2 aromatic carbocycles. The Kier molecular flexibility index (Phi) is 7.95. The second-order valence-electron chi connectivity index (χ2n) is 6.94. The van der Waals surface area contributed by atoms with Gasteiger partial charge in [-0.1, -0.05) is 41.4 Å². The van der Waals surface area contributed by atoms with Crippen molar-refractivity contribution in [3.8, 4) is 5.69 Å². The Hall–Kier alpha value is -2.81. The Morgan fingerprint density at radius 2 is 1.94 bits per heavy atom. The predicted octanol–water partition coefficient (Wildman–Crippen LogP) is 5.69. The number of aromatic nitrogens is 1. The van der Waals surface area contributed by atoms with Gasteiger partial charge in [0.15, 0.2) is 0 Å². The number of nitro groups is 1. The molecule has 3 rings (SSSR count). The molecule has 32 heavy (non-hydrogen) atoms. The lowest BCUT2D eigenvalue weighted by atomic mass is 10.2. The molecule has 1 N–H and O–H groups in total. The van der Waals surface area contributed by atoms with E-state index in [9.17, 15) is 14.9 Å². The minimum Gasteiger partial charge on any atom is -0.316 e. The van der Waals surface area contributed by atoms with Crippen LogP contribution in [0, 0.1) is 24.0 Å². The maximum absolute atomic E-state index is 12.1. The van der Waals surface area contributed by atoms with Gasteiger partial charge in [-0.25, -0.2) is 5.43 Å². The van der Waals surface area contributed by atoms with Crippen LogP contribution in [0.25, 0.3) is 5.69 Å². The molecule has 0 aliphatic carbocycles. The molecule has 1 aromatic heterocycles. The first-order valence-electron chi connectivity index (χ1n) is 9.54. The summed E-state index contributed by atoms with van der Waals surface area (Å²) in [6.07, 6.45) is 1.59. The van der Waals surface area contributed by atoms with Crippen molar-refractivity contribution in [1.29, 1.82) is 0 Å². The molecule has 0 saturated heterocycles. The maximum atomic E-state index is 12.1. The first-order chi connectivity index (χ1) is 15.3. The quantitative estimate of drug-likeness (QED) is 0.249. The minimum absolute atomic E-state index is 0.0443. The van der Waals surface area contributed by atoms with Crippen molar-refractivity contribution in [2.45, 2.75) is 19.6 Å². The van der Waals surface area contributed by atoms with Crippen LogP contribution in [-0.2, 0) is 10.5 Å². The van der Waals surface area contributed by atoms with Crippen molar-refractivity contribution in [3.05, 3.63) is 91.2 Å². The van der Waals surface area contributed by atoms with E-state index in [2.05, 4.69) is 10.5 Å². The summed E-state index contributed by atoms with van der Waals surface area (Å²) in [5.74, 6) is 0.544. The number of thioether (sulfide) groups is 1. The zero-order chi connectivity index (χ0) is 23.3. The number of carbonyl (C=O) groups excluding carboxylic acids is 1. The zero-order valence-corrected chi connectivity index (χ0v) is 19.7. The van der Waals surface area contributed by atoms with Gasteiger partial charge in [0.05, 0.1) is 32.6 Å². The summed E-state index contributed by atoms with van der Waals surface area (Å²) >= 11 is 13.9. The first kappa shape index (κ1) is 23.8. The van der Waals surface area contributed by atoms with Gasteiger partial charge in [0, 0.05) is 34.8 Å². The van der Waals surface area contributed by atoms with Crippen molar-refractivity contribution in [2.24, 2.45) is 5.10 Å². The molecule has 0 aliphatic rings. The van der Waals surface area contributed by atoms with Crippen molar-refractivity contribution in [3.63, 3.8) is 0 Å². The van der Waals surface area contributed by atoms with Crippen LogP contribution in [0.3, 0.4) is 0 Å². The third kappa shape index (κ3) is 5.70. The van der Waals surface area contributed by atoms with Gasteiger partial charge >= 0.3 is 0 Å². The molecule has 1 amide bonds. The number of carbonyl (C=O) groups is 1. The lowest BCUT2D eigenvalue weighted by Crippen LogP contribution is -2.19. The number of hydrazone groups is 1. The van der Waals surface area contributed by atoms with E-state index in [1.54, 1.807) is 24.4 Å². The molecule has 0 aliphatic heterocycles. The van der Waals surface area contributed by atoms with E-state index >= 15 is 0 Å². The third-order valence-corrected chi connectivity index (χ3v) is 6.50. The number of halogens is 2. The predicted molar refractivity (Wildman–Crippen MR) is 130 cm³/mol. The number of hydrogen-bond acceptors (Lipinski definition) is 5. The number of hydrogen-bond donors (Lipinski definition) is 1. The smallest absolute Gasteiger partial charge is 0.269 e. The topological polar surface area (TPSA) is 89.5 Å². The summed E-state index contributed by atoms with van der Waals surface area (Å²) < 4.78 is 1.98. The number of rotatable bonds is 8. The van der Waals surface area contributed by atoms with Gasteiger partial charge in [-0.05, 0) is 37.6 Å². The van der Waals surface area contributed by atoms with Crippen LogP contribution in [0.1, 0.15) is 22.5 Å². The van der Waals surface area contributed by atoms with E-state index in [0.717, 1.165) is 28.2 Å². The van der Waals surface area contributed by atoms with Crippen molar-refractivity contribution in [2.75, 3.05) is 5.75 Å². The Labute approximate surface area is 199 Å². The molecule has 10 heteroatoms. The standard InChI is InChI=1S/C22H20Cl2N4O3S/c1-14-10-17(15(2)27(14)20-5-3-4-19(23)22(20)24)11-25-26-21(29)13-32-12-16-6-8-18(9-7-16)28(30)31/h3-11H,12-13H2,1-2H3,(H,26,29)/b25-11-. The SMILES string of the molecule is Cc1cc(/C=N\NC(=O)CSCc2ccc([N+](=O)[O-])cc2)c(C)n1-c1cccc(Cl)c1Cl. The largest absolute Gasteiger partial charge is 0.316 e. The van der Waals surface area contributed by atoms with E-state index in [1.807, 2.05) is 36.6 Å². The van der Waals surface area contributed by atoms with Gasteiger partial charge in [-0.3, -0.25) is 14.9 Å². The molecular formula is C22H20Cl2N4O3S. The molecule has 0 spiro atoms. The summed E-state index contributed by atoms with van der Waals surface area (Å²) in [5.41, 5.74) is 6.97. The van der Waals surface area contributed by atoms with Crippen molar-refractivity contribution in [1.82, 2.24) is 9.99 Å². The molecule has 0 radical (unpaired) electrons. The minimum atomic E-state index is -0.441. The van der Waals surface area contributed by atoms with Crippen LogP contribution in [0.15, 0.2) is 53.6 Å². The van der Waals surface area contributed by atoms with Gasteiger partial charge in [-0.15, -0.1) is 11.8 Å². The second-order valence-corrected chi connectivity index (χ2v) is 8.72. The summed E-state index contributed by atoms with van der Waals surface area (Å²) in [5, 5.41) is 15.7. The van der Waals surface area contributed by atoms with E-state index in [4.69, 9.17) is 23.2 Å². The fraction of sp³-hybridized carbons (Fsp3) is 0.182. The Morgan fingerprint density at radius 1 is 1.22 bits per heavy atom. The van der Waals surface area contributed by atoms with Gasteiger partial charge in [-0.2, -0.15) is 5.10 Å². The number of nitro benzene ring substituents is 1. The van der Waals surface area contributed by atoms with Crippen LogP contribution in [0.5, 0.6) is 0 Å². The number of aryl methyl sites for hydroxylation is 1. The van der Waals surface area contributed by atoms with Crippen LogP contribution in [0.2, 0.25) is 10.0 Å². The average molecular weight is 491 g/mol. The van der Waals surface area contributed by atoms with Crippen LogP contribution >= 0.6 is 35.0 Å². The number of benzene rings is 2. The second kappa shape index (κ2) is 10.7. The summed E-state index contributed by atoms with van der Waals surface area (Å²) in [6, 6.07) is 13.7. The Bertz CT molecular complexity index is 1180. The summed E-state index contributed by atoms with van der Waals surface area (Å²) in [6.45, 7) is 3.89. The highest BCUT2D eigenvalue weighted by molar-refractivity contribution is 7.99. The monoisotopic (exact) mass is 490 g/mol. The number of non-ortho nitro benzene ring substituents is 1. The summed E-state index contributed by atoms with van der Waals surface area (Å²) in [7, 11) is 0. The van der Waals surface area contributed by atoms with Gasteiger partial charge in [0.2, 0.25) is 5.91 Å². The van der Waals surface area contributed by atoms with E-state index < -0.39 is 4.92 Å². The maximum Gasteiger partial charge on any atom is 0.269 e. The van der Waals surface area contributed by atoms with Crippen molar-refractivity contribution >= 4 is 52.8 Å². The molecule has 7 nitrogen and oxygen atoms in total. The molecular weight excluding hydrogens is 471 g/mol. The fourth-order valence-electron chi connectivity index (χ4n) is 3.14. The lowest BCUT2D eigenvalue weighted by molar-refractivity contribution is -0.384. The highest BCUT2D eigenvalue weighted by Crippen LogP contribution is 2.31. The highest BCUT2D eigenvalue weighted by atomic mass is 35.5. The Morgan fingerprint density at radius 3 is 2.62 bits per heavy atom. The summed E-state index contributed by atoms with van der Waals surface area (Å²) in [4.78, 5) is 22.3. The van der Waals surface area contributed by atoms with E-state index in [0.29, 0.717) is 15.8 Å². The first-order valence-corrected chi connectivity index (χ1v) is 11.4. The Balaban J connectivity index is 1.56. The molecule has 0 atom stereocenters. The fourth-order valence-corrected chi connectivity index (χ4v) is 4.30. The van der Waals surface area contributed by atoms with E-state index in [-0.39, 0.29) is 17.3 Å². The number of nitrogens with one attached hydrogen (secondary N) is 1. The number of nitrogens with zero attached hydrogens (tertiary/aromatic N) is 3. The zero-order valence-electron chi connectivity index (χ0n) is 17.3. The van der Waals surface area contributed by atoms with Crippen molar-refractivity contribution < 1.29 is 9.72 Å². The normalized spacial score (nSPS) is 11.1. The molecule has 166 valence electrons. The van der Waals surface area contributed by atoms with Crippen LogP contribution in [-0.4, -0.2) is 27.4 Å². The molecule has 0 unspecified atom stereocenters. The third-order valence-electron chi connectivity index (χ3n) is 4.68. The molecule has 0 fully saturated rings. The van der Waals surface area contributed by atoms with Gasteiger partial charge in [0.25, 0.3) is 5.69 Å². The van der Waals surface area contributed by atoms with Gasteiger partial charge in [0.1, 0.15) is 0 Å². The highest BCUT2D eigenvalue weighted by Gasteiger charge is 2.13. The molecule has 0 saturated carbocycles. The van der Waals surface area contributed by atoms with E-state index in [1.165, 1.54) is 23.9 Å². The molecule has 3 aromatic rings. The number of amides is 1. The van der Waals surface area contributed by atoms with Crippen LogP contribution in [0.4, 0.5) is 5.69 Å².